The first-order valence-electron chi connectivity index (χ1n) is 23.4. The molecule has 2 saturated heterocycles. The van der Waals surface area contributed by atoms with Gasteiger partial charge in [0.15, 0.2) is 23.0 Å². The van der Waals surface area contributed by atoms with Crippen LogP contribution in [-0.2, 0) is 35.5 Å². The molecule has 1 amide bonds. The van der Waals surface area contributed by atoms with Gasteiger partial charge in [0, 0.05) is 75.4 Å². The van der Waals surface area contributed by atoms with Crippen LogP contribution in [0.1, 0.15) is 116 Å². The molecule has 4 aliphatic rings. The molecule has 4 aliphatic heterocycles. The molecule has 6 aromatic heterocycles. The number of H-pyrrole nitrogens is 2. The van der Waals surface area contributed by atoms with Gasteiger partial charge in [0.25, 0.3) is 0 Å². The van der Waals surface area contributed by atoms with Crippen LogP contribution in [0.25, 0.3) is 22.1 Å². The highest BCUT2D eigenvalue weighted by atomic mass is 19.4. The average molecular weight is 959 g/mol. The molecule has 2 fully saturated rings. The summed E-state index contributed by atoms with van der Waals surface area (Å²) in [5.74, 6) is 4.53. The number of nitrogens with one attached hydrogen (secondary N) is 3. The number of Topliss-reactive ketones (excluding diaryl/α,β-unsaturated/α-hetero) is 2. The second kappa shape index (κ2) is 21.3. The number of aldehydes is 1. The Balaban J connectivity index is 0.000000169. The molecule has 69 heavy (non-hydrogen) atoms. The average Bonchev–Trinajstić information content (AvgIpc) is 4.19. The van der Waals surface area contributed by atoms with Crippen LogP contribution in [0.3, 0.4) is 0 Å². The van der Waals surface area contributed by atoms with E-state index < -0.39 is 18.1 Å². The molecule has 0 radical (unpaired) electrons. The number of fused-ring (bicyclic) bond motifs is 4. The van der Waals surface area contributed by atoms with E-state index in [1.807, 2.05) is 45.3 Å². The van der Waals surface area contributed by atoms with Crippen LogP contribution in [0.15, 0.2) is 46.2 Å². The van der Waals surface area contributed by atoms with Crippen molar-refractivity contribution in [2.24, 2.45) is 11.8 Å². The predicted molar refractivity (Wildman–Crippen MR) is 246 cm³/mol. The first-order chi connectivity index (χ1) is 33.1. The number of alkyl halides is 3. The van der Waals surface area contributed by atoms with Gasteiger partial charge >= 0.3 is 12.3 Å². The smallest absolute Gasteiger partial charge is 0.444 e. The summed E-state index contributed by atoms with van der Waals surface area (Å²) in [6.07, 6.45) is 9.04. The van der Waals surface area contributed by atoms with Crippen LogP contribution in [0.4, 0.5) is 29.6 Å². The molecule has 368 valence electrons. The van der Waals surface area contributed by atoms with Gasteiger partial charge in [-0.1, -0.05) is 10.3 Å². The van der Waals surface area contributed by atoms with Gasteiger partial charge in [-0.15, -0.1) is 0 Å². The topological polar surface area (TPSA) is 234 Å². The van der Waals surface area contributed by atoms with Crippen LogP contribution in [0.5, 0.6) is 0 Å². The van der Waals surface area contributed by atoms with Crippen molar-refractivity contribution in [1.82, 2.24) is 50.4 Å². The fourth-order valence-corrected chi connectivity index (χ4v) is 9.30. The molecule has 3 N–H and O–H groups in total. The van der Waals surface area contributed by atoms with Crippen molar-refractivity contribution in [3.63, 3.8) is 0 Å². The van der Waals surface area contributed by atoms with E-state index in [1.54, 1.807) is 17.6 Å². The maximum atomic E-state index is 13.0. The SMILES string of the molecule is CC(C)(C)OC(=O)N1CCC(CCCC(=O)c2noc3c2CN(c2ncnc4[nH]ccc24)CC3)C1.O=C(CCCC1CCNC1)c1noc2c1CN(c1ncnc3[nH]ccc13)CC2.O=CC(F)(F)F. The molecule has 22 heteroatoms. The monoisotopic (exact) mass is 958 g/mol. The van der Waals surface area contributed by atoms with E-state index in [2.05, 4.69) is 55.3 Å². The van der Waals surface area contributed by atoms with Gasteiger partial charge in [-0.2, -0.15) is 13.2 Å². The molecule has 2 unspecified atom stereocenters. The van der Waals surface area contributed by atoms with Gasteiger partial charge in [0.2, 0.25) is 6.29 Å². The fraction of sp³-hybridized carbons (Fsp3) is 0.532. The minimum Gasteiger partial charge on any atom is -0.444 e. The first kappa shape index (κ1) is 48.7. The number of aromatic nitrogens is 8. The van der Waals surface area contributed by atoms with Crippen molar-refractivity contribution in [2.45, 2.75) is 110 Å². The number of hydrogen-bond donors (Lipinski definition) is 3. The summed E-state index contributed by atoms with van der Waals surface area (Å²) in [6.45, 7) is 11.8. The molecule has 19 nitrogen and oxygen atoms in total. The number of hydrogen-bond acceptors (Lipinski definition) is 16. The number of anilines is 2. The molecular weight excluding hydrogens is 902 g/mol. The number of ketones is 2. The van der Waals surface area contributed by atoms with Gasteiger partial charge in [-0.05, 0) is 96.4 Å². The Morgan fingerprint density at radius 1 is 0.768 bits per heavy atom. The van der Waals surface area contributed by atoms with E-state index in [-0.39, 0.29) is 17.7 Å². The third-order valence-corrected chi connectivity index (χ3v) is 12.7. The highest BCUT2D eigenvalue weighted by Crippen LogP contribution is 2.33. The number of ether oxygens (including phenoxy) is 1. The summed E-state index contributed by atoms with van der Waals surface area (Å²) in [4.78, 5) is 76.6. The maximum absolute atomic E-state index is 13.0. The molecule has 0 aliphatic carbocycles. The number of rotatable bonds is 12. The van der Waals surface area contributed by atoms with Crippen molar-refractivity contribution in [2.75, 3.05) is 49.1 Å². The number of likely N-dealkylation sites (tertiary alicyclic amines) is 1. The second-order valence-electron chi connectivity index (χ2n) is 18.8. The van der Waals surface area contributed by atoms with E-state index in [4.69, 9.17) is 18.6 Å². The van der Waals surface area contributed by atoms with Crippen LogP contribution < -0.4 is 15.1 Å². The number of amides is 1. The van der Waals surface area contributed by atoms with Crippen LogP contribution in [0.2, 0.25) is 0 Å². The molecule has 6 aromatic rings. The summed E-state index contributed by atoms with van der Waals surface area (Å²) in [5, 5.41) is 13.6. The number of carbonyl (C=O) groups is 4. The lowest BCUT2D eigenvalue weighted by Gasteiger charge is -2.27. The van der Waals surface area contributed by atoms with E-state index in [9.17, 15) is 27.6 Å². The molecule has 0 aromatic carbocycles. The fourth-order valence-electron chi connectivity index (χ4n) is 9.30. The van der Waals surface area contributed by atoms with Gasteiger partial charge in [-0.25, -0.2) is 24.7 Å². The molecule has 2 atom stereocenters. The lowest BCUT2D eigenvalue weighted by molar-refractivity contribution is -0.156. The zero-order chi connectivity index (χ0) is 48.7. The zero-order valence-electron chi connectivity index (χ0n) is 38.9. The Kier molecular flexibility index (Phi) is 15.0. The van der Waals surface area contributed by atoms with Crippen LogP contribution in [0, 0.1) is 11.8 Å². The van der Waals surface area contributed by atoms with Crippen molar-refractivity contribution < 1.29 is 46.1 Å². The normalized spacial score (nSPS) is 18.0. The lowest BCUT2D eigenvalue weighted by Crippen LogP contribution is -2.35. The van der Waals surface area contributed by atoms with Gasteiger partial charge < -0.3 is 43.8 Å². The molecule has 0 saturated carbocycles. The minimum atomic E-state index is -4.64. The van der Waals surface area contributed by atoms with Crippen molar-refractivity contribution >= 4 is 57.6 Å². The van der Waals surface area contributed by atoms with Crippen LogP contribution >= 0.6 is 0 Å². The van der Waals surface area contributed by atoms with Crippen molar-refractivity contribution in [3.05, 3.63) is 71.2 Å². The standard InChI is InChI=1S/C25H32N6O4.C20H24N6O2.C2HF3O/c1-25(2,3)34-24(33)31-11-8-16(13-31)5-4-6-19(32)21-18-14-30(12-9-20(18)35-29-21)23-17-7-10-26-22(17)27-15-28-23;27-16(3-1-2-13-4-7-21-10-13)18-15-11-26(9-6-17(15)28-25-18)20-14-5-8-22-19(14)23-12-24-20;3-2(4,5)1-6/h7,10,15-16H,4-6,8-9,11-14H2,1-3H3,(H,26,27,28);5,8,12-13,21H,1-4,6-7,9-11H2,(H,22,23,24);1H. The molecular formula is C47H57F3N12O7. The summed E-state index contributed by atoms with van der Waals surface area (Å²) in [5.41, 5.74) is 3.84. The summed E-state index contributed by atoms with van der Waals surface area (Å²) in [7, 11) is 0. The Bertz CT molecular complexity index is 2730. The molecule has 0 bridgehead atoms. The molecule has 10 heterocycles. The number of nitrogens with zero attached hydrogens (tertiary/aromatic N) is 9. The van der Waals surface area contributed by atoms with Crippen LogP contribution in [-0.4, -0.2) is 120 Å². The van der Waals surface area contributed by atoms with Crippen molar-refractivity contribution in [1.29, 1.82) is 0 Å². The van der Waals surface area contributed by atoms with E-state index in [1.165, 1.54) is 6.42 Å². The Morgan fingerprint density at radius 3 is 1.77 bits per heavy atom. The summed E-state index contributed by atoms with van der Waals surface area (Å²) >= 11 is 0. The van der Waals surface area contributed by atoms with Gasteiger partial charge in [-0.3, -0.25) is 14.4 Å². The maximum Gasteiger partial charge on any atom is 0.446 e. The number of aromatic amines is 2. The summed E-state index contributed by atoms with van der Waals surface area (Å²) < 4.78 is 47.8. The Labute approximate surface area is 395 Å². The van der Waals surface area contributed by atoms with Gasteiger partial charge in [0.05, 0.1) is 23.9 Å². The number of carbonyl (C=O) groups excluding carboxylic acids is 4. The lowest BCUT2D eigenvalue weighted by atomic mass is 9.97. The zero-order valence-corrected chi connectivity index (χ0v) is 38.9. The third kappa shape index (κ3) is 12.1. The minimum absolute atomic E-state index is 0.00771. The Morgan fingerprint density at radius 2 is 1.29 bits per heavy atom. The summed E-state index contributed by atoms with van der Waals surface area (Å²) in [6, 6.07) is 3.95. The van der Waals surface area contributed by atoms with Gasteiger partial charge in [0.1, 0.15) is 52.7 Å². The highest BCUT2D eigenvalue weighted by Gasteiger charge is 2.33. The first-order valence-corrected chi connectivity index (χ1v) is 23.4. The molecule has 0 spiro atoms. The van der Waals surface area contributed by atoms with Crippen molar-refractivity contribution in [3.8, 4) is 0 Å². The predicted octanol–water partition coefficient (Wildman–Crippen LogP) is 7.34. The van der Waals surface area contributed by atoms with E-state index in [0.717, 1.165) is 121 Å². The highest BCUT2D eigenvalue weighted by molar-refractivity contribution is 5.97. The second-order valence-corrected chi connectivity index (χ2v) is 18.8. The van der Waals surface area contributed by atoms with E-state index >= 15 is 0 Å². The Hall–Kier alpha value is -6.71. The van der Waals surface area contributed by atoms with E-state index in [0.29, 0.717) is 68.7 Å². The quantitative estimate of drug-likeness (QED) is 0.0804. The number of halogens is 3. The third-order valence-electron chi connectivity index (χ3n) is 12.7. The molecule has 10 rings (SSSR count). The largest absolute Gasteiger partial charge is 0.446 e.